The number of H-pyrrole nitrogens is 1. The molecule has 1 aromatic carbocycles. The summed E-state index contributed by atoms with van der Waals surface area (Å²) in [6, 6.07) is 12.8. The molecule has 0 saturated carbocycles. The fraction of sp³-hybridized carbons (Fsp3) is 0.222. The zero-order chi connectivity index (χ0) is 17.8. The van der Waals surface area contributed by atoms with Crippen LogP contribution in [0.3, 0.4) is 0 Å². The highest BCUT2D eigenvalue weighted by Gasteiger charge is 2.13. The molecule has 1 aliphatic heterocycles. The lowest BCUT2D eigenvalue weighted by Crippen LogP contribution is -2.44. The molecule has 0 atom stereocenters. The Labute approximate surface area is 150 Å². The predicted octanol–water partition coefficient (Wildman–Crippen LogP) is 1.38. The van der Waals surface area contributed by atoms with Gasteiger partial charge in [0, 0.05) is 49.7 Å². The van der Waals surface area contributed by atoms with Crippen molar-refractivity contribution in [3.05, 3.63) is 59.0 Å². The Kier molecular flexibility index (Phi) is 4.57. The smallest absolute Gasteiger partial charge is 0.264 e. The maximum atomic E-state index is 11.1. The van der Waals surface area contributed by atoms with Crippen molar-refractivity contribution in [1.29, 1.82) is 0 Å². The van der Waals surface area contributed by atoms with Crippen LogP contribution in [0, 0.1) is 0 Å². The van der Waals surface area contributed by atoms with E-state index < -0.39 is 0 Å². The molecule has 0 bridgehead atoms. The summed E-state index contributed by atoms with van der Waals surface area (Å²) in [5.74, 6) is 1.49. The molecule has 4 rings (SSSR count). The zero-order valence-electron chi connectivity index (χ0n) is 14.1. The first-order valence-corrected chi connectivity index (χ1v) is 8.50. The zero-order valence-corrected chi connectivity index (χ0v) is 14.1. The molecular formula is C18H19N7O. The van der Waals surface area contributed by atoms with Crippen molar-refractivity contribution >= 4 is 17.5 Å². The minimum atomic E-state index is -0.212. The Morgan fingerprint density at radius 3 is 2.54 bits per heavy atom. The van der Waals surface area contributed by atoms with E-state index in [9.17, 15) is 4.79 Å². The van der Waals surface area contributed by atoms with E-state index in [1.165, 1.54) is 6.07 Å². The van der Waals surface area contributed by atoms with E-state index in [2.05, 4.69) is 35.7 Å². The van der Waals surface area contributed by atoms with Crippen molar-refractivity contribution in [2.24, 2.45) is 0 Å². The molecule has 0 amide bonds. The van der Waals surface area contributed by atoms with Gasteiger partial charge in [-0.05, 0) is 24.3 Å². The summed E-state index contributed by atoms with van der Waals surface area (Å²) in [4.78, 5) is 22.3. The molecule has 8 heteroatoms. The molecular weight excluding hydrogens is 330 g/mol. The van der Waals surface area contributed by atoms with Crippen LogP contribution >= 0.6 is 0 Å². The Hall–Kier alpha value is -3.26. The molecule has 0 spiro atoms. The number of benzene rings is 1. The normalized spacial score (nSPS) is 14.2. The van der Waals surface area contributed by atoms with Crippen molar-refractivity contribution in [3.8, 4) is 11.3 Å². The number of aromatic amines is 1. The minimum Gasteiger partial charge on any atom is -0.340 e. The Balaban J connectivity index is 1.48. The van der Waals surface area contributed by atoms with Crippen molar-refractivity contribution in [3.63, 3.8) is 0 Å². The largest absolute Gasteiger partial charge is 0.340 e. The van der Waals surface area contributed by atoms with Gasteiger partial charge in [-0.25, -0.2) is 10.1 Å². The second-order valence-corrected chi connectivity index (χ2v) is 5.99. The highest BCUT2D eigenvalue weighted by Crippen LogP contribution is 2.21. The van der Waals surface area contributed by atoms with E-state index in [0.717, 1.165) is 54.9 Å². The van der Waals surface area contributed by atoms with E-state index >= 15 is 0 Å². The molecule has 2 aromatic heterocycles. The Morgan fingerprint density at radius 1 is 1.00 bits per heavy atom. The molecule has 0 unspecified atom stereocenters. The standard InChI is InChI=1S/C18H19N7O/c26-17-6-5-15(23-24-17)13-1-3-14(4-2-13)21-16-7-8-20-18(22-16)25-11-9-19-10-12-25/h1-8,19H,9-12H2,(H,24,26)(H,20,21,22). The first-order chi connectivity index (χ1) is 12.8. The Morgan fingerprint density at radius 2 is 1.81 bits per heavy atom. The summed E-state index contributed by atoms with van der Waals surface area (Å²) in [7, 11) is 0. The van der Waals surface area contributed by atoms with Gasteiger partial charge in [-0.3, -0.25) is 4.79 Å². The molecule has 1 aliphatic rings. The molecule has 0 radical (unpaired) electrons. The highest BCUT2D eigenvalue weighted by atomic mass is 16.1. The van der Waals surface area contributed by atoms with Crippen molar-refractivity contribution < 1.29 is 0 Å². The fourth-order valence-corrected chi connectivity index (χ4v) is 2.81. The molecule has 3 N–H and O–H groups in total. The van der Waals surface area contributed by atoms with Gasteiger partial charge in [0.1, 0.15) is 5.82 Å². The first-order valence-electron chi connectivity index (χ1n) is 8.50. The number of piperazine rings is 1. The van der Waals surface area contributed by atoms with Gasteiger partial charge in [-0.2, -0.15) is 10.1 Å². The van der Waals surface area contributed by atoms with Gasteiger partial charge in [-0.1, -0.05) is 12.1 Å². The number of aromatic nitrogens is 4. The fourth-order valence-electron chi connectivity index (χ4n) is 2.81. The number of anilines is 3. The molecule has 132 valence electrons. The molecule has 0 aliphatic carbocycles. The molecule has 3 heterocycles. The third-order valence-corrected chi connectivity index (χ3v) is 4.17. The minimum absolute atomic E-state index is 0.212. The van der Waals surface area contributed by atoms with Crippen LogP contribution in [0.1, 0.15) is 0 Å². The lowest BCUT2D eigenvalue weighted by Gasteiger charge is -2.27. The van der Waals surface area contributed by atoms with Crippen molar-refractivity contribution in [1.82, 2.24) is 25.5 Å². The van der Waals surface area contributed by atoms with Crippen molar-refractivity contribution in [2.75, 3.05) is 36.4 Å². The third kappa shape index (κ3) is 3.70. The van der Waals surface area contributed by atoms with Gasteiger partial charge in [0.2, 0.25) is 5.95 Å². The van der Waals surface area contributed by atoms with Crippen LogP contribution in [0.25, 0.3) is 11.3 Å². The molecule has 26 heavy (non-hydrogen) atoms. The molecule has 3 aromatic rings. The highest BCUT2D eigenvalue weighted by molar-refractivity contribution is 5.65. The third-order valence-electron chi connectivity index (χ3n) is 4.17. The number of hydrogen-bond donors (Lipinski definition) is 3. The summed E-state index contributed by atoms with van der Waals surface area (Å²) < 4.78 is 0. The maximum absolute atomic E-state index is 11.1. The van der Waals surface area contributed by atoms with Crippen LogP contribution in [0.15, 0.2) is 53.5 Å². The SMILES string of the molecule is O=c1ccc(-c2ccc(Nc3ccnc(N4CCNCC4)n3)cc2)n[nH]1. The number of nitrogens with zero attached hydrogens (tertiary/aromatic N) is 4. The summed E-state index contributed by atoms with van der Waals surface area (Å²) in [6.45, 7) is 3.71. The van der Waals surface area contributed by atoms with Gasteiger partial charge < -0.3 is 15.5 Å². The van der Waals surface area contributed by atoms with Crippen LogP contribution in [0.5, 0.6) is 0 Å². The molecule has 1 fully saturated rings. The lowest BCUT2D eigenvalue weighted by molar-refractivity contribution is 0.580. The van der Waals surface area contributed by atoms with Gasteiger partial charge in [-0.15, -0.1) is 0 Å². The van der Waals surface area contributed by atoms with E-state index in [0.29, 0.717) is 0 Å². The quantitative estimate of drug-likeness (QED) is 0.654. The lowest BCUT2D eigenvalue weighted by atomic mass is 10.1. The van der Waals surface area contributed by atoms with E-state index in [-0.39, 0.29) is 5.56 Å². The van der Waals surface area contributed by atoms with Crippen LogP contribution in [-0.4, -0.2) is 46.3 Å². The average Bonchev–Trinajstić information content (AvgIpc) is 2.70. The summed E-state index contributed by atoms with van der Waals surface area (Å²) in [5, 5.41) is 13.1. The van der Waals surface area contributed by atoms with Gasteiger partial charge >= 0.3 is 0 Å². The van der Waals surface area contributed by atoms with E-state index in [4.69, 9.17) is 0 Å². The summed E-state index contributed by atoms with van der Waals surface area (Å²) in [5.41, 5.74) is 2.36. The van der Waals surface area contributed by atoms with E-state index in [1.54, 1.807) is 12.3 Å². The van der Waals surface area contributed by atoms with Crippen LogP contribution in [0.2, 0.25) is 0 Å². The molecule has 1 saturated heterocycles. The number of rotatable bonds is 4. The number of nitrogens with one attached hydrogen (secondary N) is 3. The summed E-state index contributed by atoms with van der Waals surface area (Å²) in [6.07, 6.45) is 1.77. The second kappa shape index (κ2) is 7.32. The predicted molar refractivity (Wildman–Crippen MR) is 101 cm³/mol. The first kappa shape index (κ1) is 16.2. The van der Waals surface area contributed by atoms with Gasteiger partial charge in [0.25, 0.3) is 5.56 Å². The molecule has 8 nitrogen and oxygen atoms in total. The number of hydrogen-bond acceptors (Lipinski definition) is 7. The van der Waals surface area contributed by atoms with Crippen molar-refractivity contribution in [2.45, 2.75) is 0 Å². The van der Waals surface area contributed by atoms with Crippen LogP contribution in [0.4, 0.5) is 17.5 Å². The monoisotopic (exact) mass is 349 g/mol. The van der Waals surface area contributed by atoms with Gasteiger partial charge in [0.15, 0.2) is 0 Å². The van der Waals surface area contributed by atoms with Crippen LogP contribution in [-0.2, 0) is 0 Å². The maximum Gasteiger partial charge on any atom is 0.264 e. The van der Waals surface area contributed by atoms with E-state index in [1.807, 2.05) is 30.3 Å². The van der Waals surface area contributed by atoms with Gasteiger partial charge in [0.05, 0.1) is 5.69 Å². The van der Waals surface area contributed by atoms with Crippen LogP contribution < -0.4 is 21.1 Å². The topological polar surface area (TPSA) is 98.8 Å². The Bertz CT molecular complexity index is 912. The summed E-state index contributed by atoms with van der Waals surface area (Å²) >= 11 is 0. The second-order valence-electron chi connectivity index (χ2n) is 5.99. The average molecular weight is 349 g/mol.